The molecule has 0 atom stereocenters. The molecule has 0 bridgehead atoms. The van der Waals surface area contributed by atoms with E-state index in [0.29, 0.717) is 0 Å². The molecule has 0 unspecified atom stereocenters. The maximum Gasteiger partial charge on any atom is 0.120 e. The van der Waals surface area contributed by atoms with Crippen molar-refractivity contribution in [3.05, 3.63) is 6.08 Å². The number of rotatable bonds is 1. The van der Waals surface area contributed by atoms with Crippen molar-refractivity contribution >= 4 is 5.94 Å². The van der Waals surface area contributed by atoms with Crippen molar-refractivity contribution < 1.29 is 10.3 Å². The minimum atomic E-state index is 0. The second-order valence-corrected chi connectivity index (χ2v) is 0.730. The van der Waals surface area contributed by atoms with E-state index in [-0.39, 0.29) is 5.48 Å². The third kappa shape index (κ3) is 9.96. The monoisotopic (exact) mass is 88.1 g/mol. The summed E-state index contributed by atoms with van der Waals surface area (Å²) in [6.07, 6.45) is 2.24. The molecule has 0 aromatic heterocycles. The summed E-state index contributed by atoms with van der Waals surface area (Å²) < 4.78 is 0. The highest BCUT2D eigenvalue weighted by molar-refractivity contribution is 5.44. The van der Waals surface area contributed by atoms with Gasteiger partial charge in [-0.2, -0.15) is 0 Å². The first kappa shape index (κ1) is 9.05. The molecular formula is C4H8O2. The second kappa shape index (κ2) is 8.83. The predicted molar refractivity (Wildman–Crippen MR) is 24.2 cm³/mol. The van der Waals surface area contributed by atoms with E-state index in [2.05, 4.69) is 0 Å². The lowest BCUT2D eigenvalue weighted by atomic mass is 10.5. The molecular weight excluding hydrogens is 80.0 g/mol. The SMILES string of the molecule is CCC=C=O.O. The van der Waals surface area contributed by atoms with Gasteiger partial charge in [0.05, 0.1) is 0 Å². The zero-order chi connectivity index (χ0) is 4.12. The van der Waals surface area contributed by atoms with E-state index < -0.39 is 0 Å². The summed E-state index contributed by atoms with van der Waals surface area (Å²) in [7, 11) is 0. The molecule has 0 spiro atoms. The molecule has 2 nitrogen and oxygen atoms in total. The van der Waals surface area contributed by atoms with Crippen LogP contribution in [0.15, 0.2) is 6.08 Å². The highest BCUT2D eigenvalue weighted by atomic mass is 16.1. The Bertz CT molecular complexity index is 52.6. The molecule has 0 saturated carbocycles. The van der Waals surface area contributed by atoms with Gasteiger partial charge in [-0.05, 0) is 12.5 Å². The van der Waals surface area contributed by atoms with Gasteiger partial charge in [-0.1, -0.05) is 6.92 Å². The van der Waals surface area contributed by atoms with Gasteiger partial charge in [0.15, 0.2) is 0 Å². The van der Waals surface area contributed by atoms with E-state index in [0.717, 1.165) is 6.42 Å². The summed E-state index contributed by atoms with van der Waals surface area (Å²) in [5, 5.41) is 0. The fourth-order valence-electron chi connectivity index (χ4n) is 0.0833. The van der Waals surface area contributed by atoms with Crippen LogP contribution >= 0.6 is 0 Å². The van der Waals surface area contributed by atoms with Crippen LogP contribution in [0, 0.1) is 0 Å². The van der Waals surface area contributed by atoms with Crippen LogP contribution < -0.4 is 0 Å². The maximum absolute atomic E-state index is 9.22. The molecule has 36 valence electrons. The minimum absolute atomic E-state index is 0. The van der Waals surface area contributed by atoms with Crippen LogP contribution in [-0.4, -0.2) is 11.4 Å². The largest absolute Gasteiger partial charge is 0.412 e. The lowest BCUT2D eigenvalue weighted by molar-refractivity contribution is 0.568. The van der Waals surface area contributed by atoms with Gasteiger partial charge in [-0.25, -0.2) is 4.79 Å². The molecule has 0 heterocycles. The van der Waals surface area contributed by atoms with Crippen LogP contribution in [0.2, 0.25) is 0 Å². The molecule has 6 heavy (non-hydrogen) atoms. The van der Waals surface area contributed by atoms with Crippen molar-refractivity contribution in [1.29, 1.82) is 0 Å². The molecule has 0 aliphatic carbocycles. The number of carbonyl (C=O) groups excluding carboxylic acids is 1. The van der Waals surface area contributed by atoms with E-state index in [1.165, 1.54) is 6.08 Å². The maximum atomic E-state index is 9.22. The molecule has 0 rings (SSSR count). The fourth-order valence-corrected chi connectivity index (χ4v) is 0.0833. The molecule has 0 aromatic carbocycles. The second-order valence-electron chi connectivity index (χ2n) is 0.730. The molecule has 0 fully saturated rings. The van der Waals surface area contributed by atoms with Crippen LogP contribution in [0.5, 0.6) is 0 Å². The topological polar surface area (TPSA) is 48.6 Å². The van der Waals surface area contributed by atoms with Crippen LogP contribution in [0.1, 0.15) is 13.3 Å². The Balaban J connectivity index is 0. The molecule has 2 heteroatoms. The summed E-state index contributed by atoms with van der Waals surface area (Å²) in [4.78, 5) is 9.22. The van der Waals surface area contributed by atoms with Crippen LogP contribution in [0.4, 0.5) is 0 Å². The molecule has 0 saturated heterocycles. The first-order valence-corrected chi connectivity index (χ1v) is 1.61. The average Bonchev–Trinajstić information content (AvgIpc) is 1.41. The first-order chi connectivity index (χ1) is 2.41. The lowest BCUT2D eigenvalue weighted by Gasteiger charge is -1.55. The Kier molecular flexibility index (Phi) is 13.3. The van der Waals surface area contributed by atoms with Crippen molar-refractivity contribution in [2.75, 3.05) is 0 Å². The minimum Gasteiger partial charge on any atom is -0.412 e. The van der Waals surface area contributed by atoms with Crippen LogP contribution in [0.25, 0.3) is 0 Å². The van der Waals surface area contributed by atoms with Crippen molar-refractivity contribution in [3.8, 4) is 0 Å². The van der Waals surface area contributed by atoms with E-state index >= 15 is 0 Å². The van der Waals surface area contributed by atoms with Crippen molar-refractivity contribution in [2.24, 2.45) is 0 Å². The van der Waals surface area contributed by atoms with Gasteiger partial charge in [-0.15, -0.1) is 0 Å². The zero-order valence-electron chi connectivity index (χ0n) is 3.69. The number of hydrogen-bond donors (Lipinski definition) is 0. The van der Waals surface area contributed by atoms with Crippen molar-refractivity contribution in [2.45, 2.75) is 13.3 Å². The van der Waals surface area contributed by atoms with Crippen molar-refractivity contribution in [1.82, 2.24) is 0 Å². The van der Waals surface area contributed by atoms with E-state index in [1.54, 1.807) is 5.94 Å². The molecule has 0 aliphatic rings. The molecule has 0 aromatic rings. The van der Waals surface area contributed by atoms with Gasteiger partial charge in [0.25, 0.3) is 0 Å². The van der Waals surface area contributed by atoms with E-state index in [1.807, 2.05) is 6.92 Å². The van der Waals surface area contributed by atoms with Gasteiger partial charge in [0, 0.05) is 0 Å². The summed E-state index contributed by atoms with van der Waals surface area (Å²) >= 11 is 0. The Morgan fingerprint density at radius 3 is 2.33 bits per heavy atom. The third-order valence-corrected chi connectivity index (χ3v) is 0.287. The third-order valence-electron chi connectivity index (χ3n) is 0.287. The molecule has 0 radical (unpaired) electrons. The quantitative estimate of drug-likeness (QED) is 0.415. The molecule has 0 amide bonds. The van der Waals surface area contributed by atoms with Gasteiger partial charge in [0.1, 0.15) is 5.94 Å². The summed E-state index contributed by atoms with van der Waals surface area (Å²) in [6.45, 7) is 1.89. The highest BCUT2D eigenvalue weighted by Gasteiger charge is 1.53. The van der Waals surface area contributed by atoms with Gasteiger partial charge in [-0.3, -0.25) is 0 Å². The zero-order valence-corrected chi connectivity index (χ0v) is 3.69. The van der Waals surface area contributed by atoms with E-state index in [9.17, 15) is 4.79 Å². The van der Waals surface area contributed by atoms with Crippen molar-refractivity contribution in [3.63, 3.8) is 0 Å². The standard InChI is InChI=1S/C4H6O.H2O/c1-2-3-4-5;/h3H,2H2,1H3;1H2. The Morgan fingerprint density at radius 1 is 1.83 bits per heavy atom. The molecule has 2 N–H and O–H groups in total. The Hall–Kier alpha value is -0.590. The average molecular weight is 88.1 g/mol. The smallest absolute Gasteiger partial charge is 0.120 e. The van der Waals surface area contributed by atoms with Gasteiger partial charge >= 0.3 is 0 Å². The van der Waals surface area contributed by atoms with Crippen LogP contribution in [0.3, 0.4) is 0 Å². The first-order valence-electron chi connectivity index (χ1n) is 1.61. The highest BCUT2D eigenvalue weighted by Crippen LogP contribution is 1.65. The van der Waals surface area contributed by atoms with Gasteiger partial charge in [0.2, 0.25) is 0 Å². The normalized spacial score (nSPS) is 4.83. The lowest BCUT2D eigenvalue weighted by Crippen LogP contribution is -1.47. The predicted octanol–water partition coefficient (Wildman–Crippen LogP) is -0.0405. The summed E-state index contributed by atoms with van der Waals surface area (Å²) in [5.41, 5.74) is 0. The Labute approximate surface area is 36.8 Å². The summed E-state index contributed by atoms with van der Waals surface area (Å²) in [5.74, 6) is 1.64. The number of allylic oxidation sites excluding steroid dienone is 1. The summed E-state index contributed by atoms with van der Waals surface area (Å²) in [6, 6.07) is 0. The van der Waals surface area contributed by atoms with E-state index in [4.69, 9.17) is 0 Å². The Morgan fingerprint density at radius 2 is 2.33 bits per heavy atom. The van der Waals surface area contributed by atoms with Crippen LogP contribution in [-0.2, 0) is 4.79 Å². The molecule has 0 aliphatic heterocycles. The number of hydrogen-bond acceptors (Lipinski definition) is 1. The van der Waals surface area contributed by atoms with Gasteiger partial charge < -0.3 is 5.48 Å². The fraction of sp³-hybridized carbons (Fsp3) is 0.500.